The van der Waals surface area contributed by atoms with Crippen LogP contribution in [0, 0.1) is 0 Å². The molecule has 2 heterocycles. The minimum Gasteiger partial charge on any atom is -0.388 e. The van der Waals surface area contributed by atoms with Gasteiger partial charge in [-0.15, -0.1) is 0 Å². The molecule has 2 saturated heterocycles. The van der Waals surface area contributed by atoms with Crippen molar-refractivity contribution in [3.05, 3.63) is 35.9 Å². The van der Waals surface area contributed by atoms with Crippen LogP contribution in [-0.4, -0.2) is 48.6 Å². The smallest absolute Gasteiger partial charge is 0.230 e. The molecule has 0 bridgehead atoms. The van der Waals surface area contributed by atoms with E-state index < -0.39 is 11.5 Å². The van der Waals surface area contributed by atoms with Crippen molar-refractivity contribution < 1.29 is 19.4 Å². The summed E-state index contributed by atoms with van der Waals surface area (Å²) in [7, 11) is 0. The van der Waals surface area contributed by atoms with Crippen LogP contribution >= 0.6 is 0 Å². The predicted octanol–water partition coefficient (Wildman–Crippen LogP) is 0.607. The summed E-state index contributed by atoms with van der Waals surface area (Å²) in [6.45, 7) is 4.44. The Balaban J connectivity index is 1.69. The van der Waals surface area contributed by atoms with Crippen LogP contribution in [0.25, 0.3) is 0 Å². The Labute approximate surface area is 124 Å². The van der Waals surface area contributed by atoms with E-state index in [9.17, 15) is 9.90 Å². The first-order valence-corrected chi connectivity index (χ1v) is 7.28. The minimum absolute atomic E-state index is 0.0621. The number of amides is 1. The Morgan fingerprint density at radius 1 is 1.19 bits per heavy atom. The van der Waals surface area contributed by atoms with Crippen molar-refractivity contribution in [2.24, 2.45) is 0 Å². The Morgan fingerprint density at radius 3 is 2.57 bits per heavy atom. The van der Waals surface area contributed by atoms with Gasteiger partial charge in [0.05, 0.1) is 24.7 Å². The molecule has 0 spiro atoms. The fraction of sp³-hybridized carbons (Fsp3) is 0.562. The Morgan fingerprint density at radius 2 is 1.86 bits per heavy atom. The van der Waals surface area contributed by atoms with E-state index in [1.807, 2.05) is 44.2 Å². The lowest BCUT2D eigenvalue weighted by Gasteiger charge is -2.27. The summed E-state index contributed by atoms with van der Waals surface area (Å²) in [6, 6.07) is 9.47. The molecule has 4 atom stereocenters. The Kier molecular flexibility index (Phi) is 3.73. The molecule has 3 rings (SSSR count). The number of benzene rings is 1. The van der Waals surface area contributed by atoms with Crippen LogP contribution < -0.4 is 5.32 Å². The van der Waals surface area contributed by atoms with E-state index in [1.54, 1.807) is 0 Å². The molecule has 0 aliphatic carbocycles. The van der Waals surface area contributed by atoms with E-state index in [0.29, 0.717) is 6.61 Å². The van der Waals surface area contributed by atoms with Crippen molar-refractivity contribution in [1.29, 1.82) is 0 Å². The lowest BCUT2D eigenvalue weighted by molar-refractivity contribution is -0.127. The van der Waals surface area contributed by atoms with Gasteiger partial charge >= 0.3 is 0 Å². The molecule has 0 saturated carbocycles. The molecule has 1 aromatic rings. The van der Waals surface area contributed by atoms with Gasteiger partial charge in [0, 0.05) is 0 Å². The molecule has 0 unspecified atom stereocenters. The maximum Gasteiger partial charge on any atom is 0.230 e. The fourth-order valence-corrected chi connectivity index (χ4v) is 2.94. The summed E-state index contributed by atoms with van der Waals surface area (Å²) >= 11 is 0. The van der Waals surface area contributed by atoms with Gasteiger partial charge in [-0.1, -0.05) is 30.3 Å². The maximum atomic E-state index is 12.6. The van der Waals surface area contributed by atoms with Gasteiger partial charge in [-0.25, -0.2) is 0 Å². The zero-order valence-electron chi connectivity index (χ0n) is 12.3. The number of aliphatic hydroxyl groups is 1. The number of hydrogen-bond donors (Lipinski definition) is 2. The molecule has 0 radical (unpaired) electrons. The van der Waals surface area contributed by atoms with E-state index >= 15 is 0 Å². The van der Waals surface area contributed by atoms with Gasteiger partial charge < -0.3 is 19.9 Å². The lowest BCUT2D eigenvalue weighted by atomic mass is 9.83. The van der Waals surface area contributed by atoms with Crippen LogP contribution in [0.4, 0.5) is 0 Å². The molecular weight excluding hydrogens is 270 g/mol. The highest BCUT2D eigenvalue weighted by Crippen LogP contribution is 2.29. The molecule has 2 aliphatic heterocycles. The van der Waals surface area contributed by atoms with Crippen molar-refractivity contribution in [2.45, 2.75) is 43.6 Å². The number of carbonyl (C=O) groups excluding carboxylic acids is 1. The second-order valence-corrected chi connectivity index (χ2v) is 6.23. The van der Waals surface area contributed by atoms with E-state index in [4.69, 9.17) is 9.47 Å². The maximum absolute atomic E-state index is 12.6. The van der Waals surface area contributed by atoms with Crippen LogP contribution in [-0.2, 0) is 19.7 Å². The molecule has 5 nitrogen and oxygen atoms in total. The Hall–Kier alpha value is -1.43. The zero-order valence-corrected chi connectivity index (χ0v) is 12.3. The number of aliphatic hydroxyl groups excluding tert-OH is 1. The molecule has 5 heteroatoms. The summed E-state index contributed by atoms with van der Waals surface area (Å²) in [4.78, 5) is 12.6. The lowest BCUT2D eigenvalue weighted by Crippen LogP contribution is -2.50. The number of ether oxygens (including phenoxy) is 2. The third kappa shape index (κ3) is 2.57. The van der Waals surface area contributed by atoms with E-state index in [2.05, 4.69) is 5.32 Å². The fourth-order valence-electron chi connectivity index (χ4n) is 2.94. The monoisotopic (exact) mass is 291 g/mol. The van der Waals surface area contributed by atoms with Crippen molar-refractivity contribution in [2.75, 3.05) is 13.2 Å². The van der Waals surface area contributed by atoms with Crippen LogP contribution in [0.3, 0.4) is 0 Å². The van der Waals surface area contributed by atoms with Crippen LogP contribution in [0.15, 0.2) is 30.3 Å². The normalized spacial score (nSPS) is 32.0. The van der Waals surface area contributed by atoms with E-state index in [1.165, 1.54) is 0 Å². The zero-order chi connectivity index (χ0) is 15.0. The first kappa shape index (κ1) is 14.5. The average molecular weight is 291 g/mol. The molecule has 114 valence electrons. The number of rotatable bonds is 3. The average Bonchev–Trinajstić information content (AvgIpc) is 3.04. The Bertz CT molecular complexity index is 516. The van der Waals surface area contributed by atoms with Crippen molar-refractivity contribution in [3.8, 4) is 0 Å². The first-order valence-electron chi connectivity index (χ1n) is 7.28. The topological polar surface area (TPSA) is 67.8 Å². The van der Waals surface area contributed by atoms with E-state index in [0.717, 1.165) is 5.56 Å². The van der Waals surface area contributed by atoms with E-state index in [-0.39, 0.29) is 30.8 Å². The highest BCUT2D eigenvalue weighted by molar-refractivity contribution is 5.87. The first-order chi connectivity index (χ1) is 10.00. The van der Waals surface area contributed by atoms with Gasteiger partial charge in [0.25, 0.3) is 0 Å². The second kappa shape index (κ2) is 5.40. The molecule has 2 N–H and O–H groups in total. The van der Waals surface area contributed by atoms with Gasteiger partial charge in [-0.05, 0) is 19.4 Å². The van der Waals surface area contributed by atoms with Crippen LogP contribution in [0.1, 0.15) is 19.4 Å². The number of fused-ring (bicyclic) bond motifs is 1. The summed E-state index contributed by atoms with van der Waals surface area (Å²) in [5, 5.41) is 12.7. The summed E-state index contributed by atoms with van der Waals surface area (Å²) in [5.74, 6) is -0.0621. The standard InChI is InChI=1S/C16H21NO4/c1-16(2,10-6-4-3-5-7-10)15(19)17-11-8-20-14-12(18)9-21-13(11)14/h3-7,11-14,18H,8-9H2,1-2H3,(H,17,19)/t11-,12-,13-,14-/m1/s1. The number of hydrogen-bond acceptors (Lipinski definition) is 4. The minimum atomic E-state index is -0.628. The van der Waals surface area contributed by atoms with Gasteiger partial charge in [0.1, 0.15) is 18.3 Å². The summed E-state index contributed by atoms with van der Waals surface area (Å²) in [6.07, 6.45) is -1.18. The highest BCUT2D eigenvalue weighted by Gasteiger charge is 2.48. The van der Waals surface area contributed by atoms with Gasteiger partial charge in [-0.2, -0.15) is 0 Å². The van der Waals surface area contributed by atoms with Gasteiger partial charge in [0.15, 0.2) is 0 Å². The quantitative estimate of drug-likeness (QED) is 0.856. The summed E-state index contributed by atoms with van der Waals surface area (Å²) in [5.41, 5.74) is 0.335. The molecule has 1 aromatic carbocycles. The van der Waals surface area contributed by atoms with Crippen molar-refractivity contribution in [3.63, 3.8) is 0 Å². The third-order valence-corrected chi connectivity index (χ3v) is 4.41. The molecular formula is C16H21NO4. The highest BCUT2D eigenvalue weighted by atomic mass is 16.6. The predicted molar refractivity (Wildman–Crippen MR) is 76.9 cm³/mol. The largest absolute Gasteiger partial charge is 0.388 e. The van der Waals surface area contributed by atoms with Crippen LogP contribution in [0.2, 0.25) is 0 Å². The number of nitrogens with one attached hydrogen (secondary N) is 1. The van der Waals surface area contributed by atoms with Crippen LogP contribution in [0.5, 0.6) is 0 Å². The van der Waals surface area contributed by atoms with Gasteiger partial charge in [-0.3, -0.25) is 4.79 Å². The summed E-state index contributed by atoms with van der Waals surface area (Å²) < 4.78 is 11.1. The molecule has 2 fully saturated rings. The van der Waals surface area contributed by atoms with Gasteiger partial charge in [0.2, 0.25) is 5.91 Å². The molecule has 0 aromatic heterocycles. The second-order valence-electron chi connectivity index (χ2n) is 6.23. The molecule has 1 amide bonds. The molecule has 21 heavy (non-hydrogen) atoms. The van der Waals surface area contributed by atoms with Crippen molar-refractivity contribution >= 4 is 5.91 Å². The third-order valence-electron chi connectivity index (χ3n) is 4.41. The SMILES string of the molecule is CC(C)(C(=O)N[C@@H]1CO[C@H]2[C@@H]1OC[C@H]2O)c1ccccc1. The van der Waals surface area contributed by atoms with Crippen molar-refractivity contribution in [1.82, 2.24) is 5.32 Å². The molecule has 2 aliphatic rings. The number of carbonyl (C=O) groups is 1.